The van der Waals surface area contributed by atoms with Crippen LogP contribution < -0.4 is 5.32 Å². The molecule has 0 saturated heterocycles. The summed E-state index contributed by atoms with van der Waals surface area (Å²) in [5.74, 6) is -1.66. The van der Waals surface area contributed by atoms with E-state index in [4.69, 9.17) is 0 Å². The number of alkyl halides is 6. The Balaban J connectivity index is 2.30. The maximum Gasteiger partial charge on any atom is 0.401 e. The lowest BCUT2D eigenvalue weighted by Crippen LogP contribution is -2.36. The van der Waals surface area contributed by atoms with Crippen LogP contribution in [0.5, 0.6) is 0 Å². The van der Waals surface area contributed by atoms with Gasteiger partial charge in [0.1, 0.15) is 0 Å². The molecule has 1 aliphatic carbocycles. The van der Waals surface area contributed by atoms with Crippen LogP contribution in [0.4, 0.5) is 26.3 Å². The van der Waals surface area contributed by atoms with Crippen molar-refractivity contribution in [2.24, 2.45) is 11.8 Å². The lowest BCUT2D eigenvalue weighted by Gasteiger charge is -2.30. The second-order valence-electron chi connectivity index (χ2n) is 4.52. The smallest absolute Gasteiger partial charge is 0.308 e. The molecule has 0 heterocycles. The standard InChI is InChI=1S/C10H15F6N/c11-9(12,13)6-17-5-7-2-1-3-8(4-7)10(14,15)16/h7-8,17H,1-6H2. The third kappa shape index (κ3) is 5.61. The Hall–Kier alpha value is -0.460. The van der Waals surface area contributed by atoms with Crippen molar-refractivity contribution < 1.29 is 26.3 Å². The first-order chi connectivity index (χ1) is 7.68. The molecule has 0 bridgehead atoms. The Morgan fingerprint density at radius 1 is 1.00 bits per heavy atom. The van der Waals surface area contributed by atoms with Gasteiger partial charge >= 0.3 is 12.4 Å². The van der Waals surface area contributed by atoms with E-state index in [2.05, 4.69) is 5.32 Å². The van der Waals surface area contributed by atoms with Crippen molar-refractivity contribution >= 4 is 0 Å². The summed E-state index contributed by atoms with van der Waals surface area (Å²) < 4.78 is 72.8. The first-order valence-corrected chi connectivity index (χ1v) is 5.52. The highest BCUT2D eigenvalue weighted by Crippen LogP contribution is 2.39. The van der Waals surface area contributed by atoms with E-state index < -0.39 is 24.8 Å². The predicted molar refractivity (Wildman–Crippen MR) is 50.4 cm³/mol. The quantitative estimate of drug-likeness (QED) is 0.768. The van der Waals surface area contributed by atoms with Crippen molar-refractivity contribution in [1.82, 2.24) is 5.32 Å². The number of hydrogen-bond donors (Lipinski definition) is 1. The topological polar surface area (TPSA) is 12.0 Å². The van der Waals surface area contributed by atoms with Gasteiger partial charge < -0.3 is 5.32 Å². The van der Waals surface area contributed by atoms with E-state index in [1.54, 1.807) is 0 Å². The van der Waals surface area contributed by atoms with Crippen LogP contribution in [0.1, 0.15) is 25.7 Å². The normalized spacial score (nSPS) is 27.2. The molecule has 1 nitrogen and oxygen atoms in total. The highest BCUT2D eigenvalue weighted by atomic mass is 19.4. The van der Waals surface area contributed by atoms with Crippen LogP contribution in [0, 0.1) is 11.8 Å². The Morgan fingerprint density at radius 3 is 2.18 bits per heavy atom. The van der Waals surface area contributed by atoms with Gasteiger partial charge in [-0.1, -0.05) is 6.42 Å². The van der Waals surface area contributed by atoms with Crippen LogP contribution in [0.25, 0.3) is 0 Å². The highest BCUT2D eigenvalue weighted by molar-refractivity contribution is 4.79. The van der Waals surface area contributed by atoms with Crippen LogP contribution in [-0.4, -0.2) is 25.4 Å². The molecule has 102 valence electrons. The zero-order valence-electron chi connectivity index (χ0n) is 9.17. The second-order valence-corrected chi connectivity index (χ2v) is 4.52. The first-order valence-electron chi connectivity index (χ1n) is 5.52. The molecule has 0 aromatic rings. The molecule has 0 aromatic carbocycles. The van der Waals surface area contributed by atoms with E-state index in [1.165, 1.54) is 0 Å². The van der Waals surface area contributed by atoms with Crippen molar-refractivity contribution in [2.75, 3.05) is 13.1 Å². The highest BCUT2D eigenvalue weighted by Gasteiger charge is 2.42. The van der Waals surface area contributed by atoms with Crippen LogP contribution in [0.15, 0.2) is 0 Å². The predicted octanol–water partition coefficient (Wildman–Crippen LogP) is 3.51. The summed E-state index contributed by atoms with van der Waals surface area (Å²) in [6.07, 6.45) is -7.49. The summed E-state index contributed by atoms with van der Waals surface area (Å²) in [6, 6.07) is 0. The van der Waals surface area contributed by atoms with Gasteiger partial charge in [-0.3, -0.25) is 0 Å². The van der Waals surface area contributed by atoms with E-state index in [-0.39, 0.29) is 25.3 Å². The lowest BCUT2D eigenvalue weighted by molar-refractivity contribution is -0.185. The minimum atomic E-state index is -4.31. The summed E-state index contributed by atoms with van der Waals surface area (Å²) in [4.78, 5) is 0. The third-order valence-electron chi connectivity index (χ3n) is 3.00. The molecule has 1 N–H and O–H groups in total. The fourth-order valence-corrected chi connectivity index (χ4v) is 2.19. The summed E-state index contributed by atoms with van der Waals surface area (Å²) in [5.41, 5.74) is 0. The molecule has 1 aliphatic rings. The number of hydrogen-bond acceptors (Lipinski definition) is 1. The minimum absolute atomic E-state index is 0.00604. The van der Waals surface area contributed by atoms with Crippen molar-refractivity contribution in [3.8, 4) is 0 Å². The lowest BCUT2D eigenvalue weighted by atomic mass is 9.81. The molecule has 0 aromatic heterocycles. The molecule has 2 unspecified atom stereocenters. The molecule has 1 fully saturated rings. The number of halogens is 6. The largest absolute Gasteiger partial charge is 0.401 e. The molecule has 1 saturated carbocycles. The zero-order chi connectivity index (χ0) is 13.1. The van der Waals surface area contributed by atoms with Gasteiger partial charge in [0.05, 0.1) is 12.5 Å². The van der Waals surface area contributed by atoms with Gasteiger partial charge in [-0.15, -0.1) is 0 Å². The third-order valence-corrected chi connectivity index (χ3v) is 3.00. The van der Waals surface area contributed by atoms with Crippen molar-refractivity contribution in [2.45, 2.75) is 38.0 Å². The number of rotatable bonds is 3. The molecule has 2 atom stereocenters. The first kappa shape index (κ1) is 14.6. The zero-order valence-corrected chi connectivity index (χ0v) is 9.17. The monoisotopic (exact) mass is 263 g/mol. The van der Waals surface area contributed by atoms with Gasteiger partial charge in [0, 0.05) is 0 Å². The summed E-state index contributed by atoms with van der Waals surface area (Å²) in [5, 5.41) is 2.17. The molecule has 7 heteroatoms. The molecule has 1 rings (SSSR count). The van der Waals surface area contributed by atoms with Gasteiger partial charge in [0.25, 0.3) is 0 Å². The van der Waals surface area contributed by atoms with E-state index in [9.17, 15) is 26.3 Å². The summed E-state index contributed by atoms with van der Waals surface area (Å²) in [6.45, 7) is -1.13. The molecular weight excluding hydrogens is 248 g/mol. The van der Waals surface area contributed by atoms with Crippen molar-refractivity contribution in [1.29, 1.82) is 0 Å². The van der Waals surface area contributed by atoms with E-state index in [0.29, 0.717) is 12.8 Å². The molecule has 0 amide bonds. The Labute approximate surface area is 95.6 Å². The molecule has 17 heavy (non-hydrogen) atoms. The minimum Gasteiger partial charge on any atom is -0.308 e. The average molecular weight is 263 g/mol. The van der Waals surface area contributed by atoms with E-state index >= 15 is 0 Å². The van der Waals surface area contributed by atoms with E-state index in [1.807, 2.05) is 0 Å². The SMILES string of the molecule is FC(F)(F)CNCC1CCCC(C(F)(F)F)C1. The molecule has 0 aliphatic heterocycles. The van der Waals surface area contributed by atoms with Crippen LogP contribution in [0.3, 0.4) is 0 Å². The summed E-state index contributed by atoms with van der Waals surface area (Å²) in [7, 11) is 0. The van der Waals surface area contributed by atoms with Gasteiger partial charge in [-0.05, 0) is 31.7 Å². The Bertz CT molecular complexity index is 234. The van der Waals surface area contributed by atoms with Gasteiger partial charge in [0.15, 0.2) is 0 Å². The van der Waals surface area contributed by atoms with Gasteiger partial charge in [-0.2, -0.15) is 26.3 Å². The van der Waals surface area contributed by atoms with Crippen molar-refractivity contribution in [3.63, 3.8) is 0 Å². The van der Waals surface area contributed by atoms with Gasteiger partial charge in [0.2, 0.25) is 0 Å². The van der Waals surface area contributed by atoms with E-state index in [0.717, 1.165) is 0 Å². The van der Waals surface area contributed by atoms with Crippen LogP contribution >= 0.6 is 0 Å². The van der Waals surface area contributed by atoms with Gasteiger partial charge in [-0.25, -0.2) is 0 Å². The maximum atomic E-state index is 12.4. The molecule has 0 spiro atoms. The van der Waals surface area contributed by atoms with Crippen molar-refractivity contribution in [3.05, 3.63) is 0 Å². The molecular formula is C10H15F6N. The van der Waals surface area contributed by atoms with Crippen LogP contribution in [-0.2, 0) is 0 Å². The summed E-state index contributed by atoms with van der Waals surface area (Å²) >= 11 is 0. The average Bonchev–Trinajstić information content (AvgIpc) is 2.15. The number of nitrogens with one attached hydrogen (secondary N) is 1. The second kappa shape index (κ2) is 5.46. The molecule has 0 radical (unpaired) electrons. The fraction of sp³-hybridized carbons (Fsp3) is 1.00. The maximum absolute atomic E-state index is 12.4. The van der Waals surface area contributed by atoms with Crippen LogP contribution in [0.2, 0.25) is 0 Å². The Morgan fingerprint density at radius 2 is 1.65 bits per heavy atom. The Kier molecular flexibility index (Phi) is 4.69. The fourth-order valence-electron chi connectivity index (χ4n) is 2.19.